The Kier molecular flexibility index (Phi) is 7.54. The minimum absolute atomic E-state index is 0.0295. The average Bonchev–Trinajstić information content (AvgIpc) is 3.11. The van der Waals surface area contributed by atoms with Crippen LogP contribution in [-0.2, 0) is 11.3 Å². The maximum absolute atomic E-state index is 13.6. The summed E-state index contributed by atoms with van der Waals surface area (Å²) in [6, 6.07) is 9.40. The van der Waals surface area contributed by atoms with E-state index in [1.54, 1.807) is 4.57 Å². The second-order valence-corrected chi connectivity index (χ2v) is 10.1. The van der Waals surface area contributed by atoms with Crippen molar-refractivity contribution in [3.63, 3.8) is 0 Å². The third kappa shape index (κ3) is 5.78. The number of nitrogens with zero attached hydrogens (tertiary/aromatic N) is 4. The SMILES string of the molecule is CCN(NC(c1nc2snc(C)c2c(=O)n1Cc1ccccc1)C(C)C)C(=O)OC(C)(C)C. The number of ether oxygens (including phenoxy) is 1. The maximum atomic E-state index is 13.6. The standard InChI is InChI=1S/C24H33N5O3S/c1-8-29(23(31)32-24(5,6)7)26-19(15(2)3)20-25-21-18(16(4)27-33-21)22(30)28(20)14-17-12-10-9-11-13-17/h9-13,15,19,26H,8,14H2,1-7H3. The van der Waals surface area contributed by atoms with Crippen molar-refractivity contribution in [2.75, 3.05) is 6.54 Å². The molecule has 2 aromatic heterocycles. The molecule has 0 aliphatic rings. The van der Waals surface area contributed by atoms with Gasteiger partial charge in [-0.2, -0.15) is 4.37 Å². The lowest BCUT2D eigenvalue weighted by Crippen LogP contribution is -2.49. The van der Waals surface area contributed by atoms with Gasteiger partial charge >= 0.3 is 6.09 Å². The summed E-state index contributed by atoms with van der Waals surface area (Å²) in [5.74, 6) is 0.596. The van der Waals surface area contributed by atoms with Crippen LogP contribution >= 0.6 is 11.5 Å². The highest BCUT2D eigenvalue weighted by Crippen LogP contribution is 2.25. The molecule has 33 heavy (non-hydrogen) atoms. The van der Waals surface area contributed by atoms with Crippen molar-refractivity contribution in [3.8, 4) is 0 Å². The van der Waals surface area contributed by atoms with Gasteiger partial charge in [-0.3, -0.25) is 9.36 Å². The molecule has 1 aromatic carbocycles. The van der Waals surface area contributed by atoms with Crippen molar-refractivity contribution >= 4 is 27.8 Å². The largest absolute Gasteiger partial charge is 0.443 e. The van der Waals surface area contributed by atoms with E-state index in [2.05, 4.69) is 9.80 Å². The lowest BCUT2D eigenvalue weighted by Gasteiger charge is -2.32. The van der Waals surface area contributed by atoms with Gasteiger partial charge in [0, 0.05) is 6.54 Å². The number of carbonyl (C=O) groups is 1. The van der Waals surface area contributed by atoms with Gasteiger partial charge in [-0.25, -0.2) is 20.2 Å². The minimum atomic E-state index is -0.619. The summed E-state index contributed by atoms with van der Waals surface area (Å²) in [4.78, 5) is 31.9. The first kappa shape index (κ1) is 24.9. The monoisotopic (exact) mass is 471 g/mol. The molecule has 8 nitrogen and oxygen atoms in total. The molecule has 1 N–H and O–H groups in total. The zero-order valence-electron chi connectivity index (χ0n) is 20.4. The van der Waals surface area contributed by atoms with Crippen LogP contribution in [-0.4, -0.2) is 37.2 Å². The fourth-order valence-electron chi connectivity index (χ4n) is 3.50. The molecular formula is C24H33N5O3S. The first-order chi connectivity index (χ1) is 15.5. The molecule has 2 heterocycles. The summed E-state index contributed by atoms with van der Waals surface area (Å²) in [5.41, 5.74) is 4.21. The molecule has 0 aliphatic carbocycles. The van der Waals surface area contributed by atoms with E-state index in [-0.39, 0.29) is 11.5 Å². The molecule has 9 heteroatoms. The van der Waals surface area contributed by atoms with Crippen molar-refractivity contribution in [3.05, 3.63) is 57.8 Å². The van der Waals surface area contributed by atoms with Crippen LogP contribution in [0.4, 0.5) is 4.79 Å². The fraction of sp³-hybridized carbons (Fsp3) is 0.500. The Morgan fingerprint density at radius 2 is 1.91 bits per heavy atom. The van der Waals surface area contributed by atoms with E-state index in [1.807, 2.05) is 78.8 Å². The van der Waals surface area contributed by atoms with Crippen molar-refractivity contribution < 1.29 is 9.53 Å². The number of hydrogen-bond acceptors (Lipinski definition) is 7. The van der Waals surface area contributed by atoms with Crippen molar-refractivity contribution in [2.24, 2.45) is 5.92 Å². The number of hydrazine groups is 1. The zero-order valence-corrected chi connectivity index (χ0v) is 21.2. The number of benzene rings is 1. The van der Waals surface area contributed by atoms with Crippen molar-refractivity contribution in [1.82, 2.24) is 24.4 Å². The Hall–Kier alpha value is -2.78. The molecule has 1 amide bonds. The predicted molar refractivity (Wildman–Crippen MR) is 131 cm³/mol. The number of hydrogen-bond donors (Lipinski definition) is 1. The number of rotatable bonds is 7. The average molecular weight is 472 g/mol. The predicted octanol–water partition coefficient (Wildman–Crippen LogP) is 4.67. The molecule has 3 rings (SSSR count). The van der Waals surface area contributed by atoms with E-state index in [0.29, 0.717) is 34.8 Å². The molecule has 3 aromatic rings. The van der Waals surface area contributed by atoms with Crippen LogP contribution in [0, 0.1) is 12.8 Å². The summed E-state index contributed by atoms with van der Waals surface area (Å²) in [5, 5.41) is 1.98. The first-order valence-electron chi connectivity index (χ1n) is 11.2. The Morgan fingerprint density at radius 1 is 1.24 bits per heavy atom. The van der Waals surface area contributed by atoms with E-state index < -0.39 is 17.7 Å². The number of fused-ring (bicyclic) bond motifs is 1. The van der Waals surface area contributed by atoms with Crippen LogP contribution in [0.2, 0.25) is 0 Å². The van der Waals surface area contributed by atoms with Crippen LogP contribution in [0.5, 0.6) is 0 Å². The molecule has 0 saturated heterocycles. The molecule has 178 valence electrons. The quantitative estimate of drug-likeness (QED) is 0.504. The molecule has 0 radical (unpaired) electrons. The Morgan fingerprint density at radius 3 is 2.48 bits per heavy atom. The summed E-state index contributed by atoms with van der Waals surface area (Å²) in [6.45, 7) is 14.0. The number of carbonyl (C=O) groups excluding carboxylic acids is 1. The minimum Gasteiger partial charge on any atom is -0.443 e. The lowest BCUT2D eigenvalue weighted by molar-refractivity contribution is 0.00826. The number of amides is 1. The van der Waals surface area contributed by atoms with Gasteiger partial charge in [0.15, 0.2) is 4.83 Å². The summed E-state index contributed by atoms with van der Waals surface area (Å²) >= 11 is 1.22. The Bertz CT molecular complexity index is 1160. The van der Waals surface area contributed by atoms with Gasteiger partial charge in [0.25, 0.3) is 5.56 Å². The highest BCUT2D eigenvalue weighted by molar-refractivity contribution is 7.12. The van der Waals surface area contributed by atoms with E-state index in [0.717, 1.165) is 5.56 Å². The maximum Gasteiger partial charge on any atom is 0.424 e. The molecule has 0 aliphatic heterocycles. The molecule has 0 bridgehead atoms. The third-order valence-corrected chi connectivity index (χ3v) is 5.98. The van der Waals surface area contributed by atoms with Crippen LogP contribution in [0.15, 0.2) is 35.1 Å². The zero-order chi connectivity index (χ0) is 24.3. The van der Waals surface area contributed by atoms with E-state index in [1.165, 1.54) is 16.5 Å². The number of aromatic nitrogens is 3. The van der Waals surface area contributed by atoms with E-state index in [4.69, 9.17) is 9.72 Å². The van der Waals surface area contributed by atoms with Crippen molar-refractivity contribution in [1.29, 1.82) is 0 Å². The second kappa shape index (κ2) is 10.0. The summed E-state index contributed by atoms with van der Waals surface area (Å²) < 4.78 is 11.6. The lowest BCUT2D eigenvalue weighted by atomic mass is 10.0. The first-order valence-corrected chi connectivity index (χ1v) is 12.0. The highest BCUT2D eigenvalue weighted by atomic mass is 32.1. The van der Waals surface area contributed by atoms with Crippen LogP contribution in [0.1, 0.15) is 64.7 Å². The van der Waals surface area contributed by atoms with Gasteiger partial charge in [-0.15, -0.1) is 0 Å². The Labute approximate surface area is 198 Å². The van der Waals surface area contributed by atoms with Gasteiger partial charge in [0.05, 0.1) is 23.7 Å². The van der Waals surface area contributed by atoms with Crippen LogP contribution in [0.25, 0.3) is 10.2 Å². The van der Waals surface area contributed by atoms with Gasteiger partial charge in [0.2, 0.25) is 0 Å². The highest BCUT2D eigenvalue weighted by Gasteiger charge is 2.29. The topological polar surface area (TPSA) is 89.4 Å². The van der Waals surface area contributed by atoms with Gasteiger partial charge in [0.1, 0.15) is 11.4 Å². The molecule has 1 atom stereocenters. The third-order valence-electron chi connectivity index (χ3n) is 5.15. The smallest absolute Gasteiger partial charge is 0.424 e. The number of aryl methyl sites for hydroxylation is 1. The summed E-state index contributed by atoms with van der Waals surface area (Å²) in [7, 11) is 0. The summed E-state index contributed by atoms with van der Waals surface area (Å²) in [6.07, 6.45) is -0.470. The van der Waals surface area contributed by atoms with Gasteiger partial charge < -0.3 is 4.74 Å². The van der Waals surface area contributed by atoms with Gasteiger partial charge in [-0.1, -0.05) is 44.2 Å². The van der Waals surface area contributed by atoms with Gasteiger partial charge in [-0.05, 0) is 57.6 Å². The van der Waals surface area contributed by atoms with Crippen LogP contribution in [0.3, 0.4) is 0 Å². The second-order valence-electron chi connectivity index (χ2n) is 9.37. The molecule has 0 spiro atoms. The normalized spacial score (nSPS) is 12.8. The Balaban J connectivity index is 2.10. The number of nitrogens with one attached hydrogen (secondary N) is 1. The molecule has 0 saturated carbocycles. The fourth-order valence-corrected chi connectivity index (χ4v) is 4.28. The van der Waals surface area contributed by atoms with Crippen molar-refractivity contribution in [2.45, 2.75) is 66.7 Å². The van der Waals surface area contributed by atoms with E-state index >= 15 is 0 Å². The molecule has 1 unspecified atom stereocenters. The molecular weight excluding hydrogens is 438 g/mol. The molecule has 0 fully saturated rings. The van der Waals surface area contributed by atoms with E-state index in [9.17, 15) is 9.59 Å². The van der Waals surface area contributed by atoms with Crippen LogP contribution < -0.4 is 11.0 Å².